The maximum absolute atomic E-state index is 13.6. The van der Waals surface area contributed by atoms with Crippen molar-refractivity contribution < 1.29 is 33.8 Å². The summed E-state index contributed by atoms with van der Waals surface area (Å²) >= 11 is 0. The summed E-state index contributed by atoms with van der Waals surface area (Å²) < 4.78 is 10.6. The number of carbonyl (C=O) groups excluding carboxylic acids is 4. The number of rotatable bonds is 4. The van der Waals surface area contributed by atoms with Gasteiger partial charge < -0.3 is 14.6 Å². The first-order valence-corrected chi connectivity index (χ1v) is 11.1. The molecule has 0 saturated heterocycles. The van der Waals surface area contributed by atoms with E-state index in [1.807, 2.05) is 19.9 Å². The van der Waals surface area contributed by atoms with E-state index in [2.05, 4.69) is 0 Å². The highest BCUT2D eigenvalue weighted by Gasteiger charge is 2.70. The van der Waals surface area contributed by atoms with Gasteiger partial charge in [-0.05, 0) is 56.6 Å². The Balaban J connectivity index is 1.74. The molecule has 4 rings (SSSR count). The molecule has 31 heavy (non-hydrogen) atoms. The van der Waals surface area contributed by atoms with Gasteiger partial charge in [0.25, 0.3) is 0 Å². The number of aliphatic hydroxyl groups excluding tert-OH is 1. The lowest BCUT2D eigenvalue weighted by Crippen LogP contribution is -2.62. The SMILES string of the molecule is CCOC(=O)O[C@]1(C(=O)CO)CC[C@H]2[C@@H]3CCC4=CC(=O)C=C[C@]4(C)[C@H]3C(=O)C[C@@]21C. The molecule has 4 aliphatic rings. The molecule has 7 nitrogen and oxygen atoms in total. The van der Waals surface area contributed by atoms with Gasteiger partial charge in [-0.1, -0.05) is 25.5 Å². The van der Waals surface area contributed by atoms with Gasteiger partial charge >= 0.3 is 6.16 Å². The molecule has 168 valence electrons. The van der Waals surface area contributed by atoms with Crippen LogP contribution in [0.3, 0.4) is 0 Å². The molecule has 3 fully saturated rings. The summed E-state index contributed by atoms with van der Waals surface area (Å²) in [6, 6.07) is 0. The summed E-state index contributed by atoms with van der Waals surface area (Å²) in [6.07, 6.45) is 6.54. The molecule has 0 spiro atoms. The Bertz CT molecular complexity index is 902. The quantitative estimate of drug-likeness (QED) is 0.683. The van der Waals surface area contributed by atoms with E-state index in [1.165, 1.54) is 0 Å². The fourth-order valence-electron chi connectivity index (χ4n) is 7.12. The number of ketones is 3. The minimum absolute atomic E-state index is 0.00501. The maximum Gasteiger partial charge on any atom is 0.509 e. The fraction of sp³-hybridized carbons (Fsp3) is 0.667. The molecule has 4 aliphatic carbocycles. The second-order valence-electron chi connectivity index (χ2n) is 9.77. The lowest BCUT2D eigenvalue weighted by atomic mass is 9.46. The summed E-state index contributed by atoms with van der Waals surface area (Å²) in [5.74, 6) is -0.911. The van der Waals surface area contributed by atoms with Crippen LogP contribution in [0.5, 0.6) is 0 Å². The second kappa shape index (κ2) is 7.40. The van der Waals surface area contributed by atoms with Gasteiger partial charge in [-0.2, -0.15) is 0 Å². The number of hydrogen-bond donors (Lipinski definition) is 1. The van der Waals surface area contributed by atoms with Crippen molar-refractivity contribution in [1.29, 1.82) is 0 Å². The van der Waals surface area contributed by atoms with Crippen molar-refractivity contribution >= 4 is 23.5 Å². The zero-order valence-corrected chi connectivity index (χ0v) is 18.3. The molecule has 0 aliphatic heterocycles. The van der Waals surface area contributed by atoms with Crippen LogP contribution in [-0.2, 0) is 23.9 Å². The zero-order valence-electron chi connectivity index (χ0n) is 18.3. The summed E-state index contributed by atoms with van der Waals surface area (Å²) in [7, 11) is 0. The Hall–Kier alpha value is -2.28. The summed E-state index contributed by atoms with van der Waals surface area (Å²) in [6.45, 7) is 4.85. The predicted octanol–water partition coefficient (Wildman–Crippen LogP) is 2.95. The standard InChI is InChI=1S/C24H30O7/c1-4-30-21(29)31-24(19(28)13-25)10-8-17-16-6-5-14-11-15(26)7-9-22(14,2)20(16)18(27)12-23(17,24)3/h7,9,11,16-17,20,25H,4-6,8,10,12-13H2,1-3H3/t16-,17-,20+,22-,23-,24-/m0/s1. The first-order chi connectivity index (χ1) is 14.6. The van der Waals surface area contributed by atoms with E-state index < -0.39 is 35.0 Å². The Labute approximate surface area is 181 Å². The highest BCUT2D eigenvalue weighted by atomic mass is 16.7. The molecule has 0 heterocycles. The smallest absolute Gasteiger partial charge is 0.435 e. The summed E-state index contributed by atoms with van der Waals surface area (Å²) in [5, 5.41) is 9.71. The molecular formula is C24H30O7. The zero-order chi connectivity index (χ0) is 22.6. The molecule has 7 heteroatoms. The van der Waals surface area contributed by atoms with Crippen LogP contribution in [0.25, 0.3) is 0 Å². The van der Waals surface area contributed by atoms with Crippen LogP contribution in [0, 0.1) is 28.6 Å². The van der Waals surface area contributed by atoms with Crippen LogP contribution < -0.4 is 0 Å². The highest BCUT2D eigenvalue weighted by molar-refractivity contribution is 6.02. The first-order valence-electron chi connectivity index (χ1n) is 11.1. The van der Waals surface area contributed by atoms with Crippen molar-refractivity contribution in [2.24, 2.45) is 28.6 Å². The Morgan fingerprint density at radius 1 is 1.23 bits per heavy atom. The minimum Gasteiger partial charge on any atom is -0.435 e. The van der Waals surface area contributed by atoms with Crippen molar-refractivity contribution in [1.82, 2.24) is 0 Å². The third-order valence-corrected chi connectivity index (χ3v) is 8.49. The molecular weight excluding hydrogens is 400 g/mol. The van der Waals surface area contributed by atoms with Gasteiger partial charge in [0.2, 0.25) is 5.78 Å². The fourth-order valence-corrected chi connectivity index (χ4v) is 7.12. The van der Waals surface area contributed by atoms with Crippen LogP contribution in [0.4, 0.5) is 4.79 Å². The molecule has 0 aromatic rings. The van der Waals surface area contributed by atoms with Gasteiger partial charge in [-0.3, -0.25) is 14.4 Å². The van der Waals surface area contributed by atoms with E-state index in [4.69, 9.17) is 9.47 Å². The van der Waals surface area contributed by atoms with E-state index in [0.29, 0.717) is 12.8 Å². The average molecular weight is 430 g/mol. The molecule has 0 unspecified atom stereocenters. The molecule has 0 aromatic carbocycles. The van der Waals surface area contributed by atoms with E-state index >= 15 is 0 Å². The van der Waals surface area contributed by atoms with E-state index in [-0.39, 0.29) is 48.8 Å². The number of fused-ring (bicyclic) bond motifs is 5. The lowest BCUT2D eigenvalue weighted by Gasteiger charge is -2.57. The Morgan fingerprint density at radius 3 is 2.65 bits per heavy atom. The maximum atomic E-state index is 13.6. The van der Waals surface area contributed by atoms with Crippen LogP contribution >= 0.6 is 0 Å². The summed E-state index contributed by atoms with van der Waals surface area (Å²) in [5.41, 5.74) is -2.00. The number of carbonyl (C=O) groups is 4. The number of aliphatic hydroxyl groups is 1. The third kappa shape index (κ3) is 2.96. The van der Waals surface area contributed by atoms with Crippen LogP contribution in [0.2, 0.25) is 0 Å². The second-order valence-corrected chi connectivity index (χ2v) is 9.77. The predicted molar refractivity (Wildman–Crippen MR) is 110 cm³/mol. The van der Waals surface area contributed by atoms with Gasteiger partial charge in [0.1, 0.15) is 12.4 Å². The topological polar surface area (TPSA) is 107 Å². The van der Waals surface area contributed by atoms with E-state index in [1.54, 1.807) is 19.1 Å². The number of ether oxygens (including phenoxy) is 2. The highest BCUT2D eigenvalue weighted by Crippen LogP contribution is 2.66. The van der Waals surface area contributed by atoms with Gasteiger partial charge in [-0.25, -0.2) is 4.79 Å². The monoisotopic (exact) mass is 430 g/mol. The van der Waals surface area contributed by atoms with E-state index in [9.17, 15) is 24.3 Å². The molecule has 0 radical (unpaired) electrons. The first kappa shape index (κ1) is 21.9. The number of Topliss-reactive ketones (excluding diaryl/α,β-unsaturated/α-hetero) is 2. The molecule has 6 atom stereocenters. The van der Waals surface area contributed by atoms with Crippen molar-refractivity contribution in [3.8, 4) is 0 Å². The normalized spacial score (nSPS) is 41.0. The van der Waals surface area contributed by atoms with Gasteiger partial charge in [0.15, 0.2) is 11.4 Å². The molecule has 1 N–H and O–H groups in total. The Morgan fingerprint density at radius 2 is 1.97 bits per heavy atom. The van der Waals surface area contributed by atoms with Crippen molar-refractivity contribution in [3.05, 3.63) is 23.8 Å². The van der Waals surface area contributed by atoms with Crippen LogP contribution in [-0.4, -0.2) is 47.4 Å². The van der Waals surface area contributed by atoms with Crippen LogP contribution in [0.15, 0.2) is 23.8 Å². The number of hydrogen-bond acceptors (Lipinski definition) is 7. The van der Waals surface area contributed by atoms with Crippen molar-refractivity contribution in [2.75, 3.05) is 13.2 Å². The average Bonchev–Trinajstić information content (AvgIpc) is 3.00. The molecule has 3 saturated carbocycles. The largest absolute Gasteiger partial charge is 0.509 e. The molecule has 0 bridgehead atoms. The van der Waals surface area contributed by atoms with Crippen molar-refractivity contribution in [3.63, 3.8) is 0 Å². The van der Waals surface area contributed by atoms with Crippen LogP contribution in [0.1, 0.15) is 52.9 Å². The Kier molecular flexibility index (Phi) is 5.23. The van der Waals surface area contributed by atoms with Gasteiger partial charge in [0.05, 0.1) is 6.61 Å². The van der Waals surface area contributed by atoms with E-state index in [0.717, 1.165) is 12.0 Å². The molecule has 0 aromatic heterocycles. The summed E-state index contributed by atoms with van der Waals surface area (Å²) in [4.78, 5) is 50.8. The molecule has 0 amide bonds. The third-order valence-electron chi connectivity index (χ3n) is 8.49. The lowest BCUT2D eigenvalue weighted by molar-refractivity contribution is -0.173. The number of allylic oxidation sites excluding steroid dienone is 4. The minimum atomic E-state index is -1.57. The van der Waals surface area contributed by atoms with Gasteiger partial charge in [-0.15, -0.1) is 0 Å². The van der Waals surface area contributed by atoms with Crippen molar-refractivity contribution in [2.45, 2.75) is 58.5 Å². The van der Waals surface area contributed by atoms with Gasteiger partial charge in [0, 0.05) is 23.2 Å².